The Morgan fingerprint density at radius 3 is 2.14 bits per heavy atom. The highest BCUT2D eigenvalue weighted by Crippen LogP contribution is 2.38. The Morgan fingerprint density at radius 2 is 1.64 bits per heavy atom. The van der Waals surface area contributed by atoms with Gasteiger partial charge in [0, 0.05) is 25.6 Å². The second-order valence-corrected chi connectivity index (χ2v) is 5.79. The van der Waals surface area contributed by atoms with E-state index in [0.29, 0.717) is 22.8 Å². The summed E-state index contributed by atoms with van der Waals surface area (Å²) < 4.78 is 29.7. The number of ether oxygens (including phenoxy) is 3. The molecule has 0 aliphatic heterocycles. The second-order valence-electron chi connectivity index (χ2n) is 5.79. The van der Waals surface area contributed by atoms with Gasteiger partial charge in [-0.2, -0.15) is 0 Å². The van der Waals surface area contributed by atoms with E-state index in [-0.39, 0.29) is 24.7 Å². The fourth-order valence-corrected chi connectivity index (χ4v) is 2.71. The molecule has 0 aromatic heterocycles. The Kier molecular flexibility index (Phi) is 7.20. The van der Waals surface area contributed by atoms with Crippen molar-refractivity contribution in [2.75, 3.05) is 39.3 Å². The fraction of sp³-hybridized carbons (Fsp3) is 0.300. The van der Waals surface area contributed by atoms with E-state index in [1.54, 1.807) is 12.1 Å². The summed E-state index contributed by atoms with van der Waals surface area (Å²) >= 11 is 0. The number of nitrogens with one attached hydrogen (secondary N) is 1. The minimum atomic E-state index is -0.506. The zero-order chi connectivity index (χ0) is 20.7. The smallest absolute Gasteiger partial charge is 0.251 e. The van der Waals surface area contributed by atoms with Crippen molar-refractivity contribution in [1.29, 1.82) is 0 Å². The average Bonchev–Trinajstić information content (AvgIpc) is 2.70. The molecule has 1 N–H and O–H groups in total. The largest absolute Gasteiger partial charge is 0.493 e. The minimum absolute atomic E-state index is 0.117. The number of benzene rings is 2. The molecule has 0 atom stereocenters. The molecule has 0 spiro atoms. The molecule has 2 aromatic carbocycles. The van der Waals surface area contributed by atoms with Crippen molar-refractivity contribution in [3.8, 4) is 17.2 Å². The molecule has 0 heterocycles. The van der Waals surface area contributed by atoms with Crippen LogP contribution in [-0.4, -0.2) is 46.2 Å². The number of para-hydroxylation sites is 1. The van der Waals surface area contributed by atoms with E-state index in [1.165, 1.54) is 57.4 Å². The highest BCUT2D eigenvalue weighted by molar-refractivity contribution is 5.96. The van der Waals surface area contributed by atoms with Crippen molar-refractivity contribution in [3.05, 3.63) is 47.8 Å². The molecule has 150 valence electrons. The molecule has 0 bridgehead atoms. The van der Waals surface area contributed by atoms with Crippen LogP contribution in [0.2, 0.25) is 0 Å². The number of halogens is 1. The van der Waals surface area contributed by atoms with E-state index in [2.05, 4.69) is 5.32 Å². The summed E-state index contributed by atoms with van der Waals surface area (Å²) in [5.41, 5.74) is 0.465. The number of hydrogen-bond acceptors (Lipinski definition) is 5. The fourth-order valence-electron chi connectivity index (χ4n) is 2.71. The van der Waals surface area contributed by atoms with Crippen LogP contribution in [-0.2, 0) is 4.79 Å². The lowest BCUT2D eigenvalue weighted by Crippen LogP contribution is -2.38. The Hall–Kier alpha value is -3.29. The molecule has 0 saturated heterocycles. The van der Waals surface area contributed by atoms with Gasteiger partial charge < -0.3 is 24.4 Å². The van der Waals surface area contributed by atoms with Gasteiger partial charge in [-0.15, -0.1) is 0 Å². The van der Waals surface area contributed by atoms with Crippen LogP contribution < -0.4 is 24.4 Å². The van der Waals surface area contributed by atoms with Gasteiger partial charge in [-0.3, -0.25) is 9.59 Å². The molecule has 2 aromatic rings. The molecular formula is C20H23FN2O5. The number of carbonyl (C=O) groups excluding carboxylic acids is 2. The zero-order valence-electron chi connectivity index (χ0n) is 16.2. The van der Waals surface area contributed by atoms with E-state index in [4.69, 9.17) is 14.2 Å². The number of nitrogens with zero attached hydrogens (tertiary/aromatic N) is 1. The Balaban J connectivity index is 2.11. The van der Waals surface area contributed by atoms with Crippen LogP contribution in [0.3, 0.4) is 0 Å². The van der Waals surface area contributed by atoms with E-state index in [0.717, 1.165) is 0 Å². The van der Waals surface area contributed by atoms with Gasteiger partial charge in [-0.05, 0) is 24.3 Å². The quantitative estimate of drug-likeness (QED) is 0.750. The number of carbonyl (C=O) groups is 2. The maximum atomic E-state index is 14.0. The predicted molar refractivity (Wildman–Crippen MR) is 103 cm³/mol. The SMILES string of the molecule is COc1cc(C(=O)NCCN(C(C)=O)c2ccccc2F)cc(OC)c1OC. The lowest BCUT2D eigenvalue weighted by molar-refractivity contribution is -0.116. The van der Waals surface area contributed by atoms with Crippen LogP contribution in [0.1, 0.15) is 17.3 Å². The van der Waals surface area contributed by atoms with Crippen molar-refractivity contribution >= 4 is 17.5 Å². The molecule has 0 saturated carbocycles. The van der Waals surface area contributed by atoms with Crippen LogP contribution in [0.4, 0.5) is 10.1 Å². The van der Waals surface area contributed by atoms with Crippen LogP contribution in [0, 0.1) is 5.82 Å². The van der Waals surface area contributed by atoms with E-state index in [1.807, 2.05) is 0 Å². The van der Waals surface area contributed by atoms with Crippen molar-refractivity contribution in [2.45, 2.75) is 6.92 Å². The highest BCUT2D eigenvalue weighted by Gasteiger charge is 2.18. The predicted octanol–water partition coefficient (Wildman–Crippen LogP) is 2.63. The van der Waals surface area contributed by atoms with Gasteiger partial charge in [0.05, 0.1) is 27.0 Å². The van der Waals surface area contributed by atoms with Crippen molar-refractivity contribution < 1.29 is 28.2 Å². The monoisotopic (exact) mass is 390 g/mol. The molecule has 2 amide bonds. The van der Waals surface area contributed by atoms with Gasteiger partial charge in [-0.25, -0.2) is 4.39 Å². The molecular weight excluding hydrogens is 367 g/mol. The number of rotatable bonds is 8. The maximum Gasteiger partial charge on any atom is 0.251 e. The Morgan fingerprint density at radius 1 is 1.04 bits per heavy atom. The Labute approximate surface area is 163 Å². The first-order chi connectivity index (χ1) is 13.4. The average molecular weight is 390 g/mol. The van der Waals surface area contributed by atoms with Gasteiger partial charge in [-0.1, -0.05) is 12.1 Å². The molecule has 0 aliphatic rings. The molecule has 0 aliphatic carbocycles. The van der Waals surface area contributed by atoms with Gasteiger partial charge in [0.1, 0.15) is 5.82 Å². The number of hydrogen-bond donors (Lipinski definition) is 1. The summed E-state index contributed by atoms with van der Waals surface area (Å²) in [5, 5.41) is 2.71. The van der Waals surface area contributed by atoms with E-state index < -0.39 is 11.7 Å². The summed E-state index contributed by atoms with van der Waals surface area (Å²) in [6, 6.07) is 9.02. The first-order valence-corrected chi connectivity index (χ1v) is 8.53. The maximum absolute atomic E-state index is 14.0. The van der Waals surface area contributed by atoms with Gasteiger partial charge in [0.2, 0.25) is 11.7 Å². The first kappa shape index (κ1) is 21.0. The molecule has 28 heavy (non-hydrogen) atoms. The van der Waals surface area contributed by atoms with E-state index >= 15 is 0 Å². The summed E-state index contributed by atoms with van der Waals surface area (Å²) in [6.45, 7) is 1.59. The third-order valence-electron chi connectivity index (χ3n) is 4.07. The van der Waals surface area contributed by atoms with Gasteiger partial charge >= 0.3 is 0 Å². The lowest BCUT2D eigenvalue weighted by Gasteiger charge is -2.22. The minimum Gasteiger partial charge on any atom is -0.493 e. The van der Waals surface area contributed by atoms with E-state index in [9.17, 15) is 14.0 Å². The molecule has 0 fully saturated rings. The Bertz CT molecular complexity index is 831. The highest BCUT2D eigenvalue weighted by atomic mass is 19.1. The topological polar surface area (TPSA) is 77.1 Å². The molecule has 0 unspecified atom stereocenters. The molecule has 0 radical (unpaired) electrons. The van der Waals surface area contributed by atoms with Crippen molar-refractivity contribution in [2.24, 2.45) is 0 Å². The summed E-state index contributed by atoms with van der Waals surface area (Å²) in [4.78, 5) is 25.6. The summed E-state index contributed by atoms with van der Waals surface area (Å²) in [6.07, 6.45) is 0. The number of anilines is 1. The molecule has 7 nitrogen and oxygen atoms in total. The van der Waals surface area contributed by atoms with Gasteiger partial charge in [0.25, 0.3) is 5.91 Å². The summed E-state index contributed by atoms with van der Waals surface area (Å²) in [5.74, 6) is -0.145. The standard InChI is InChI=1S/C20H23FN2O5/c1-13(24)23(16-8-6-5-7-15(16)21)10-9-22-20(25)14-11-17(26-2)19(28-4)18(12-14)27-3/h5-8,11-12H,9-10H2,1-4H3,(H,22,25). The first-order valence-electron chi connectivity index (χ1n) is 8.53. The van der Waals surface area contributed by atoms with Crippen molar-refractivity contribution in [1.82, 2.24) is 5.32 Å². The second kappa shape index (κ2) is 9.59. The zero-order valence-corrected chi connectivity index (χ0v) is 16.2. The van der Waals surface area contributed by atoms with Crippen molar-refractivity contribution in [3.63, 3.8) is 0 Å². The molecule has 2 rings (SSSR count). The van der Waals surface area contributed by atoms with Crippen LogP contribution in [0.25, 0.3) is 0 Å². The molecule has 8 heteroatoms. The third-order valence-corrected chi connectivity index (χ3v) is 4.07. The number of amides is 2. The van der Waals surface area contributed by atoms with Gasteiger partial charge in [0.15, 0.2) is 11.5 Å². The van der Waals surface area contributed by atoms with Crippen LogP contribution >= 0.6 is 0 Å². The normalized spacial score (nSPS) is 10.2. The number of methoxy groups -OCH3 is 3. The van der Waals surface area contributed by atoms with Crippen LogP contribution in [0.5, 0.6) is 17.2 Å². The third kappa shape index (κ3) is 4.70. The lowest BCUT2D eigenvalue weighted by atomic mass is 10.1. The van der Waals surface area contributed by atoms with Crippen LogP contribution in [0.15, 0.2) is 36.4 Å². The summed E-state index contributed by atoms with van der Waals surface area (Å²) in [7, 11) is 4.38.